The molecular formula is C18H20N4O4. The fourth-order valence-corrected chi connectivity index (χ4v) is 2.68. The first kappa shape index (κ1) is 17.7. The van der Waals surface area contributed by atoms with Crippen molar-refractivity contribution in [2.45, 2.75) is 13.0 Å². The SMILES string of the molecule is COCCCn1nnnc1-c1cc(-c2cccc(OC)c2)c(O)cc1O. The average molecular weight is 356 g/mol. The maximum atomic E-state index is 10.3. The van der Waals surface area contributed by atoms with E-state index in [4.69, 9.17) is 9.47 Å². The number of phenolic OH excluding ortho intramolecular Hbond substituents is 2. The van der Waals surface area contributed by atoms with Crippen molar-refractivity contribution in [1.82, 2.24) is 20.2 Å². The molecule has 3 aromatic rings. The summed E-state index contributed by atoms with van der Waals surface area (Å²) in [4.78, 5) is 0. The standard InChI is InChI=1S/C18H20N4O4/c1-25-8-4-7-22-18(19-20-21-22)15-10-14(16(23)11-17(15)24)12-5-3-6-13(9-12)26-2/h3,5-6,9-11,23-24H,4,7-8H2,1-2H3. The quantitative estimate of drug-likeness (QED) is 0.627. The van der Waals surface area contributed by atoms with Crippen LogP contribution in [0.25, 0.3) is 22.5 Å². The molecule has 0 saturated heterocycles. The van der Waals surface area contributed by atoms with E-state index in [0.717, 1.165) is 12.0 Å². The van der Waals surface area contributed by atoms with Crippen molar-refractivity contribution in [1.29, 1.82) is 0 Å². The van der Waals surface area contributed by atoms with E-state index < -0.39 is 0 Å². The number of aromatic hydroxyl groups is 2. The van der Waals surface area contributed by atoms with E-state index in [1.165, 1.54) is 6.07 Å². The number of hydrogen-bond donors (Lipinski definition) is 2. The summed E-state index contributed by atoms with van der Waals surface area (Å²) < 4.78 is 11.9. The number of phenols is 2. The summed E-state index contributed by atoms with van der Waals surface area (Å²) in [5, 5.41) is 32.3. The molecule has 8 heteroatoms. The number of aryl methyl sites for hydroxylation is 1. The normalized spacial score (nSPS) is 10.8. The maximum Gasteiger partial charge on any atom is 0.185 e. The fraction of sp³-hybridized carbons (Fsp3) is 0.278. The molecule has 0 amide bonds. The lowest BCUT2D eigenvalue weighted by Crippen LogP contribution is -2.05. The number of rotatable bonds is 7. The van der Waals surface area contributed by atoms with Gasteiger partial charge < -0.3 is 19.7 Å². The number of tetrazole rings is 1. The Morgan fingerprint density at radius 2 is 1.85 bits per heavy atom. The van der Waals surface area contributed by atoms with Crippen molar-refractivity contribution in [3.05, 3.63) is 36.4 Å². The molecule has 26 heavy (non-hydrogen) atoms. The van der Waals surface area contributed by atoms with Crippen LogP contribution < -0.4 is 4.74 Å². The molecule has 0 aliphatic carbocycles. The van der Waals surface area contributed by atoms with E-state index in [-0.39, 0.29) is 11.5 Å². The molecule has 0 spiro atoms. The topological polar surface area (TPSA) is 103 Å². The molecule has 1 heterocycles. The summed E-state index contributed by atoms with van der Waals surface area (Å²) in [6, 6.07) is 10.3. The van der Waals surface area contributed by atoms with Crippen LogP contribution >= 0.6 is 0 Å². The molecule has 0 saturated carbocycles. The largest absolute Gasteiger partial charge is 0.507 e. The van der Waals surface area contributed by atoms with Crippen molar-refractivity contribution in [3.8, 4) is 39.8 Å². The minimum absolute atomic E-state index is 0.0436. The van der Waals surface area contributed by atoms with Crippen molar-refractivity contribution >= 4 is 0 Å². The minimum Gasteiger partial charge on any atom is -0.507 e. The highest BCUT2D eigenvalue weighted by Gasteiger charge is 2.17. The third kappa shape index (κ3) is 3.60. The van der Waals surface area contributed by atoms with E-state index in [9.17, 15) is 10.2 Å². The van der Waals surface area contributed by atoms with Gasteiger partial charge in [0.15, 0.2) is 5.82 Å². The molecule has 0 bridgehead atoms. The Morgan fingerprint density at radius 3 is 2.62 bits per heavy atom. The second kappa shape index (κ2) is 7.83. The van der Waals surface area contributed by atoms with Gasteiger partial charge in [-0.3, -0.25) is 0 Å². The van der Waals surface area contributed by atoms with Gasteiger partial charge in [-0.25, -0.2) is 4.68 Å². The Balaban J connectivity index is 2.03. The van der Waals surface area contributed by atoms with E-state index in [2.05, 4.69) is 15.5 Å². The van der Waals surface area contributed by atoms with Gasteiger partial charge in [-0.15, -0.1) is 5.10 Å². The van der Waals surface area contributed by atoms with Crippen LogP contribution in [0.15, 0.2) is 36.4 Å². The zero-order chi connectivity index (χ0) is 18.5. The molecule has 0 unspecified atom stereocenters. The first-order valence-corrected chi connectivity index (χ1v) is 8.10. The number of methoxy groups -OCH3 is 2. The van der Waals surface area contributed by atoms with Gasteiger partial charge in [0.1, 0.15) is 17.2 Å². The molecule has 136 valence electrons. The van der Waals surface area contributed by atoms with Crippen LogP contribution in [0.3, 0.4) is 0 Å². The first-order valence-electron chi connectivity index (χ1n) is 8.10. The number of aromatic nitrogens is 4. The Kier molecular flexibility index (Phi) is 5.33. The highest BCUT2D eigenvalue weighted by Crippen LogP contribution is 2.39. The summed E-state index contributed by atoms with van der Waals surface area (Å²) in [6.07, 6.45) is 0.732. The van der Waals surface area contributed by atoms with Gasteiger partial charge in [0.05, 0.1) is 12.7 Å². The predicted molar refractivity (Wildman–Crippen MR) is 95.1 cm³/mol. The minimum atomic E-state index is -0.100. The molecule has 0 atom stereocenters. The zero-order valence-corrected chi connectivity index (χ0v) is 14.6. The van der Waals surface area contributed by atoms with Crippen LogP contribution in [0, 0.1) is 0 Å². The maximum absolute atomic E-state index is 10.3. The average Bonchev–Trinajstić information content (AvgIpc) is 3.10. The van der Waals surface area contributed by atoms with Crippen LogP contribution in [-0.2, 0) is 11.3 Å². The van der Waals surface area contributed by atoms with Gasteiger partial charge in [-0.05, 0) is 40.6 Å². The van der Waals surface area contributed by atoms with Crippen molar-refractivity contribution in [3.63, 3.8) is 0 Å². The van der Waals surface area contributed by atoms with E-state index in [0.29, 0.717) is 35.9 Å². The summed E-state index contributed by atoms with van der Waals surface area (Å²) in [5.41, 5.74) is 1.73. The van der Waals surface area contributed by atoms with Crippen LogP contribution in [-0.4, -0.2) is 51.2 Å². The van der Waals surface area contributed by atoms with Crippen LogP contribution in [0.5, 0.6) is 17.2 Å². The summed E-state index contributed by atoms with van der Waals surface area (Å²) in [7, 11) is 3.21. The van der Waals surface area contributed by atoms with Gasteiger partial charge in [-0.1, -0.05) is 12.1 Å². The molecule has 0 radical (unpaired) electrons. The van der Waals surface area contributed by atoms with E-state index in [1.54, 1.807) is 31.0 Å². The van der Waals surface area contributed by atoms with Gasteiger partial charge in [0.2, 0.25) is 0 Å². The van der Waals surface area contributed by atoms with Crippen molar-refractivity contribution in [2.75, 3.05) is 20.8 Å². The Labute approximate surface area is 150 Å². The lowest BCUT2D eigenvalue weighted by atomic mass is 10.0. The third-order valence-corrected chi connectivity index (χ3v) is 3.99. The molecule has 2 aromatic carbocycles. The van der Waals surface area contributed by atoms with Gasteiger partial charge in [0.25, 0.3) is 0 Å². The Morgan fingerprint density at radius 1 is 1.04 bits per heavy atom. The van der Waals surface area contributed by atoms with Gasteiger partial charge in [-0.2, -0.15) is 0 Å². The summed E-state index contributed by atoms with van der Waals surface area (Å²) >= 11 is 0. The predicted octanol–water partition coefficient (Wildman–Crippen LogP) is 2.46. The number of nitrogens with zero attached hydrogens (tertiary/aromatic N) is 4. The highest BCUT2D eigenvalue weighted by atomic mass is 16.5. The monoisotopic (exact) mass is 356 g/mol. The zero-order valence-electron chi connectivity index (χ0n) is 14.6. The molecule has 0 aliphatic rings. The van der Waals surface area contributed by atoms with Crippen LogP contribution in [0.4, 0.5) is 0 Å². The van der Waals surface area contributed by atoms with Crippen molar-refractivity contribution in [2.24, 2.45) is 0 Å². The van der Waals surface area contributed by atoms with Crippen LogP contribution in [0.2, 0.25) is 0 Å². The van der Waals surface area contributed by atoms with Gasteiger partial charge >= 0.3 is 0 Å². The number of hydrogen-bond acceptors (Lipinski definition) is 7. The second-order valence-corrected chi connectivity index (χ2v) is 5.69. The number of ether oxygens (including phenoxy) is 2. The Hall–Kier alpha value is -3.13. The first-order chi connectivity index (χ1) is 12.6. The molecule has 0 aliphatic heterocycles. The molecule has 1 aromatic heterocycles. The van der Waals surface area contributed by atoms with Gasteiger partial charge in [0, 0.05) is 31.9 Å². The Bertz CT molecular complexity index is 895. The lowest BCUT2D eigenvalue weighted by Gasteiger charge is -2.11. The lowest BCUT2D eigenvalue weighted by molar-refractivity contribution is 0.189. The number of benzene rings is 2. The summed E-state index contributed by atoms with van der Waals surface area (Å²) in [6.45, 7) is 1.13. The van der Waals surface area contributed by atoms with E-state index in [1.807, 2.05) is 18.2 Å². The molecule has 2 N–H and O–H groups in total. The second-order valence-electron chi connectivity index (χ2n) is 5.69. The molecule has 0 fully saturated rings. The fourth-order valence-electron chi connectivity index (χ4n) is 2.68. The van der Waals surface area contributed by atoms with E-state index >= 15 is 0 Å². The smallest absolute Gasteiger partial charge is 0.185 e. The van der Waals surface area contributed by atoms with Crippen molar-refractivity contribution < 1.29 is 19.7 Å². The highest BCUT2D eigenvalue weighted by molar-refractivity contribution is 5.79. The summed E-state index contributed by atoms with van der Waals surface area (Å²) in [5.74, 6) is 0.943. The van der Waals surface area contributed by atoms with Crippen LogP contribution in [0.1, 0.15) is 6.42 Å². The molecule has 3 rings (SSSR count). The molecular weight excluding hydrogens is 336 g/mol. The molecule has 8 nitrogen and oxygen atoms in total. The third-order valence-electron chi connectivity index (χ3n) is 3.99.